The third kappa shape index (κ3) is 3.54. The summed E-state index contributed by atoms with van der Waals surface area (Å²) >= 11 is 5.88. The van der Waals surface area contributed by atoms with Crippen molar-refractivity contribution in [3.05, 3.63) is 64.7 Å². The number of aromatic nitrogens is 3. The Balaban J connectivity index is 1.68. The van der Waals surface area contributed by atoms with Gasteiger partial charge in [-0.3, -0.25) is 4.79 Å². The molecule has 3 aromatic rings. The lowest BCUT2D eigenvalue weighted by atomic mass is 10.1. The van der Waals surface area contributed by atoms with Gasteiger partial charge < -0.3 is 9.84 Å². The summed E-state index contributed by atoms with van der Waals surface area (Å²) in [6.07, 6.45) is 1.52. The molecule has 1 amide bonds. The first kappa shape index (κ1) is 15.2. The highest BCUT2D eigenvalue weighted by atomic mass is 35.5. The summed E-state index contributed by atoms with van der Waals surface area (Å²) in [5, 5.41) is 6.70. The highest BCUT2D eigenvalue weighted by Gasteiger charge is 2.13. The molecule has 7 heteroatoms. The highest BCUT2D eigenvalue weighted by molar-refractivity contribution is 6.32. The van der Waals surface area contributed by atoms with E-state index in [2.05, 4.69) is 20.4 Å². The molecule has 0 saturated carbocycles. The number of halogens is 1. The van der Waals surface area contributed by atoms with Crippen molar-refractivity contribution in [2.45, 2.75) is 13.5 Å². The van der Waals surface area contributed by atoms with Crippen molar-refractivity contribution in [3.63, 3.8) is 0 Å². The second-order valence-electron chi connectivity index (χ2n) is 4.91. The van der Waals surface area contributed by atoms with E-state index in [1.165, 1.54) is 6.20 Å². The van der Waals surface area contributed by atoms with E-state index in [1.807, 2.05) is 31.2 Å². The number of carbonyl (C=O) groups is 1. The fourth-order valence-electron chi connectivity index (χ4n) is 2.03. The van der Waals surface area contributed by atoms with E-state index in [-0.39, 0.29) is 17.6 Å². The van der Waals surface area contributed by atoms with Gasteiger partial charge in [-0.1, -0.05) is 34.5 Å². The minimum absolute atomic E-state index is 0.138. The number of rotatable bonds is 4. The lowest BCUT2D eigenvalue weighted by molar-refractivity contribution is 0.0949. The van der Waals surface area contributed by atoms with Gasteiger partial charge in [-0.25, -0.2) is 4.98 Å². The summed E-state index contributed by atoms with van der Waals surface area (Å²) in [5.41, 5.74) is 2.24. The van der Waals surface area contributed by atoms with Crippen molar-refractivity contribution in [3.8, 4) is 11.5 Å². The zero-order chi connectivity index (χ0) is 16.2. The predicted molar refractivity (Wildman–Crippen MR) is 84.9 cm³/mol. The number of nitrogens with one attached hydrogen (secondary N) is 1. The molecule has 1 N–H and O–H groups in total. The molecule has 3 rings (SSSR count). The lowest BCUT2D eigenvalue weighted by Gasteiger charge is -2.03. The van der Waals surface area contributed by atoms with Crippen LogP contribution in [0.25, 0.3) is 11.5 Å². The van der Waals surface area contributed by atoms with Crippen LogP contribution in [0.4, 0.5) is 0 Å². The lowest BCUT2D eigenvalue weighted by Crippen LogP contribution is -2.23. The number of hydrogen-bond donors (Lipinski definition) is 1. The van der Waals surface area contributed by atoms with Crippen LogP contribution in [0.3, 0.4) is 0 Å². The summed E-state index contributed by atoms with van der Waals surface area (Å²) in [5.74, 6) is 0.456. The number of amides is 1. The highest BCUT2D eigenvalue weighted by Crippen LogP contribution is 2.18. The van der Waals surface area contributed by atoms with Crippen molar-refractivity contribution in [2.75, 3.05) is 0 Å². The van der Waals surface area contributed by atoms with E-state index < -0.39 is 0 Å². The van der Waals surface area contributed by atoms with Gasteiger partial charge in [0, 0.05) is 11.8 Å². The minimum atomic E-state index is -0.343. The second-order valence-corrected chi connectivity index (χ2v) is 5.27. The van der Waals surface area contributed by atoms with Gasteiger partial charge in [0.05, 0.1) is 12.1 Å². The van der Waals surface area contributed by atoms with Crippen LogP contribution >= 0.6 is 11.6 Å². The van der Waals surface area contributed by atoms with Crippen LogP contribution < -0.4 is 5.32 Å². The maximum absolute atomic E-state index is 12.0. The molecule has 0 bridgehead atoms. The predicted octanol–water partition coefficient (Wildman–Crippen LogP) is 3.02. The van der Waals surface area contributed by atoms with Gasteiger partial charge in [-0.2, -0.15) is 4.98 Å². The van der Waals surface area contributed by atoms with E-state index in [4.69, 9.17) is 16.1 Å². The number of carbonyl (C=O) groups excluding carboxylic acids is 1. The zero-order valence-corrected chi connectivity index (χ0v) is 13.0. The Hall–Kier alpha value is -2.73. The Morgan fingerprint density at radius 3 is 2.96 bits per heavy atom. The maximum atomic E-state index is 12.0. The first-order chi connectivity index (χ1) is 11.1. The van der Waals surface area contributed by atoms with Gasteiger partial charge >= 0.3 is 0 Å². The monoisotopic (exact) mass is 328 g/mol. The number of nitrogens with zero attached hydrogens (tertiary/aromatic N) is 3. The van der Waals surface area contributed by atoms with Crippen LogP contribution in [0.5, 0.6) is 0 Å². The number of benzene rings is 1. The largest absolute Gasteiger partial charge is 0.345 e. The van der Waals surface area contributed by atoms with E-state index >= 15 is 0 Å². The summed E-state index contributed by atoms with van der Waals surface area (Å²) in [6, 6.07) is 11.0. The molecule has 23 heavy (non-hydrogen) atoms. The van der Waals surface area contributed by atoms with E-state index in [0.29, 0.717) is 17.3 Å². The molecular weight excluding hydrogens is 316 g/mol. The van der Waals surface area contributed by atoms with E-state index in [9.17, 15) is 4.79 Å². The summed E-state index contributed by atoms with van der Waals surface area (Å²) in [4.78, 5) is 20.2. The third-order valence-electron chi connectivity index (χ3n) is 3.14. The third-order valence-corrected chi connectivity index (χ3v) is 3.45. The van der Waals surface area contributed by atoms with Crippen molar-refractivity contribution in [1.29, 1.82) is 0 Å². The molecule has 0 saturated heterocycles. The molecule has 0 aliphatic heterocycles. The van der Waals surface area contributed by atoms with Crippen LogP contribution in [0.15, 0.2) is 47.1 Å². The van der Waals surface area contributed by atoms with Gasteiger partial charge in [0.1, 0.15) is 5.15 Å². The van der Waals surface area contributed by atoms with Gasteiger partial charge in [-0.15, -0.1) is 0 Å². The summed E-state index contributed by atoms with van der Waals surface area (Å²) in [7, 11) is 0. The van der Waals surface area contributed by atoms with E-state index in [0.717, 1.165) is 11.1 Å². The number of pyridine rings is 1. The molecule has 6 nitrogen and oxygen atoms in total. The fraction of sp³-hybridized carbons (Fsp3) is 0.125. The molecule has 1 aromatic carbocycles. The SMILES string of the molecule is Cc1cccc(-c2nc(CNC(=O)c3cccnc3Cl)no2)c1. The second kappa shape index (κ2) is 6.58. The average Bonchev–Trinajstić information content (AvgIpc) is 3.02. The topological polar surface area (TPSA) is 80.9 Å². The number of hydrogen-bond acceptors (Lipinski definition) is 5. The molecule has 0 radical (unpaired) electrons. The number of aryl methyl sites for hydroxylation is 1. The Kier molecular flexibility index (Phi) is 4.34. The van der Waals surface area contributed by atoms with Crippen LogP contribution in [0, 0.1) is 6.92 Å². The van der Waals surface area contributed by atoms with Crippen LogP contribution in [0.2, 0.25) is 5.15 Å². The standard InChI is InChI=1S/C16H13ClN4O2/c1-10-4-2-5-11(8-10)16-20-13(21-23-16)9-19-15(22)12-6-3-7-18-14(12)17/h2-8H,9H2,1H3,(H,19,22). The van der Waals surface area contributed by atoms with Crippen LogP contribution in [0.1, 0.15) is 21.7 Å². The van der Waals surface area contributed by atoms with Crippen LogP contribution in [-0.2, 0) is 6.54 Å². The van der Waals surface area contributed by atoms with Crippen molar-refractivity contribution in [1.82, 2.24) is 20.4 Å². The van der Waals surface area contributed by atoms with Gasteiger partial charge in [0.2, 0.25) is 0 Å². The first-order valence-electron chi connectivity index (χ1n) is 6.92. The molecule has 0 aliphatic rings. The van der Waals surface area contributed by atoms with Gasteiger partial charge in [0.15, 0.2) is 5.82 Å². The summed E-state index contributed by atoms with van der Waals surface area (Å²) in [6.45, 7) is 2.12. The van der Waals surface area contributed by atoms with Gasteiger partial charge in [-0.05, 0) is 31.2 Å². The average molecular weight is 329 g/mol. The smallest absolute Gasteiger partial charge is 0.257 e. The minimum Gasteiger partial charge on any atom is -0.345 e. The molecule has 2 heterocycles. The van der Waals surface area contributed by atoms with Crippen molar-refractivity contribution < 1.29 is 9.32 Å². The normalized spacial score (nSPS) is 10.5. The Bertz CT molecular complexity index is 847. The first-order valence-corrected chi connectivity index (χ1v) is 7.29. The maximum Gasteiger partial charge on any atom is 0.257 e. The molecule has 0 spiro atoms. The molecule has 2 aromatic heterocycles. The van der Waals surface area contributed by atoms with Gasteiger partial charge in [0.25, 0.3) is 11.8 Å². The zero-order valence-electron chi connectivity index (χ0n) is 12.3. The summed E-state index contributed by atoms with van der Waals surface area (Å²) < 4.78 is 5.22. The molecular formula is C16H13ClN4O2. The molecule has 0 aliphatic carbocycles. The quantitative estimate of drug-likeness (QED) is 0.744. The van der Waals surface area contributed by atoms with Crippen LogP contribution in [-0.4, -0.2) is 21.0 Å². The molecule has 0 atom stereocenters. The Labute approximate surface area is 137 Å². The molecule has 116 valence electrons. The molecule has 0 unspecified atom stereocenters. The Morgan fingerprint density at radius 2 is 2.17 bits per heavy atom. The fourth-order valence-corrected chi connectivity index (χ4v) is 2.24. The van der Waals surface area contributed by atoms with E-state index in [1.54, 1.807) is 12.1 Å². The van der Waals surface area contributed by atoms with Crippen molar-refractivity contribution >= 4 is 17.5 Å². The molecule has 0 fully saturated rings. The Morgan fingerprint density at radius 1 is 1.30 bits per heavy atom. The van der Waals surface area contributed by atoms with Crippen molar-refractivity contribution in [2.24, 2.45) is 0 Å².